The molecule has 3 rings (SSSR count). The van der Waals surface area contributed by atoms with Crippen LogP contribution in [0, 0.1) is 0 Å². The Hall–Kier alpha value is -1.36. The van der Waals surface area contributed by atoms with Crippen LogP contribution in [-0.2, 0) is 19.6 Å². The summed E-state index contributed by atoms with van der Waals surface area (Å²) in [5, 5.41) is 2.88. The van der Waals surface area contributed by atoms with E-state index in [4.69, 9.17) is 4.74 Å². The van der Waals surface area contributed by atoms with Gasteiger partial charge >= 0.3 is 0 Å². The molecule has 0 aliphatic carbocycles. The van der Waals surface area contributed by atoms with Crippen LogP contribution in [0.2, 0.25) is 0 Å². The van der Waals surface area contributed by atoms with Crippen molar-refractivity contribution in [3.63, 3.8) is 0 Å². The van der Waals surface area contributed by atoms with Crippen LogP contribution < -0.4 is 10.0 Å². The number of nitrogens with zero attached hydrogens (tertiary/aromatic N) is 1. The van der Waals surface area contributed by atoms with Gasteiger partial charge in [0, 0.05) is 13.2 Å². The lowest BCUT2D eigenvalue weighted by Crippen LogP contribution is -2.32. The first-order valence-corrected chi connectivity index (χ1v) is 11.5. The van der Waals surface area contributed by atoms with Gasteiger partial charge in [0.1, 0.15) is 0 Å². The number of anilines is 1. The van der Waals surface area contributed by atoms with E-state index in [2.05, 4.69) is 15.0 Å². The van der Waals surface area contributed by atoms with Crippen molar-refractivity contribution in [1.29, 1.82) is 0 Å². The number of nitrogens with one attached hydrogen (secondary N) is 2. The molecule has 0 bridgehead atoms. The molecule has 1 amide bonds. The number of carbonyl (C=O) groups excluding carboxylic acids is 1. The zero-order chi connectivity index (χ0) is 17.9. The number of rotatable bonds is 7. The van der Waals surface area contributed by atoms with Crippen molar-refractivity contribution in [1.82, 2.24) is 10.3 Å². The Balaban J connectivity index is 1.55. The van der Waals surface area contributed by atoms with Gasteiger partial charge in [-0.2, -0.15) is 0 Å². The molecule has 2 aromatic rings. The summed E-state index contributed by atoms with van der Waals surface area (Å²) in [4.78, 5) is 16.4. The zero-order valence-corrected chi connectivity index (χ0v) is 16.1. The Morgan fingerprint density at radius 1 is 1.48 bits per heavy atom. The average Bonchev–Trinajstić information content (AvgIpc) is 3.18. The highest BCUT2D eigenvalue weighted by Crippen LogP contribution is 2.31. The third-order valence-corrected chi connectivity index (χ3v) is 6.32. The average molecular weight is 402 g/mol. The molecule has 2 N–H and O–H groups in total. The molecule has 1 aliphatic rings. The number of hydrogen-bond donors (Lipinski definition) is 2. The van der Waals surface area contributed by atoms with E-state index in [1.807, 2.05) is 0 Å². The summed E-state index contributed by atoms with van der Waals surface area (Å²) in [7, 11) is -3.31. The number of thioether (sulfide) groups is 1. The van der Waals surface area contributed by atoms with Gasteiger partial charge in [0.15, 0.2) is 4.34 Å². The Morgan fingerprint density at radius 2 is 2.32 bits per heavy atom. The minimum atomic E-state index is -3.31. The Labute approximate surface area is 154 Å². The second kappa shape index (κ2) is 7.90. The molecule has 1 aromatic heterocycles. The quantitative estimate of drug-likeness (QED) is 0.689. The standard InChI is InChI=1S/C15H19N3O4S3/c1-25(20,21)18-10-4-5-12-13(7-10)24-15(17-12)23-9-14(19)16-8-11-3-2-6-22-11/h4-5,7,11,18H,2-3,6,8-9H2,1H3,(H,16,19). The summed E-state index contributed by atoms with van der Waals surface area (Å²) < 4.78 is 32.2. The number of ether oxygens (including phenoxy) is 1. The number of carbonyl (C=O) groups is 1. The summed E-state index contributed by atoms with van der Waals surface area (Å²) in [6, 6.07) is 5.18. The first-order chi connectivity index (χ1) is 11.9. The fraction of sp³-hybridized carbons (Fsp3) is 0.467. The maximum atomic E-state index is 11.9. The summed E-state index contributed by atoms with van der Waals surface area (Å²) in [6.07, 6.45) is 3.30. The van der Waals surface area contributed by atoms with Crippen LogP contribution in [0.5, 0.6) is 0 Å². The van der Waals surface area contributed by atoms with E-state index in [1.54, 1.807) is 18.2 Å². The van der Waals surface area contributed by atoms with Crippen molar-refractivity contribution < 1.29 is 17.9 Å². The number of fused-ring (bicyclic) bond motifs is 1. The van der Waals surface area contributed by atoms with E-state index in [0.717, 1.165) is 40.3 Å². The van der Waals surface area contributed by atoms with Crippen molar-refractivity contribution in [2.45, 2.75) is 23.3 Å². The summed E-state index contributed by atoms with van der Waals surface area (Å²) in [5.41, 5.74) is 1.29. The molecular formula is C15H19N3O4S3. The molecule has 1 saturated heterocycles. The van der Waals surface area contributed by atoms with Gasteiger partial charge in [-0.3, -0.25) is 9.52 Å². The second-order valence-electron chi connectivity index (χ2n) is 5.76. The van der Waals surface area contributed by atoms with Gasteiger partial charge in [0.25, 0.3) is 0 Å². The SMILES string of the molecule is CS(=O)(=O)Nc1ccc2nc(SCC(=O)NCC3CCCO3)sc2c1. The molecule has 1 aromatic carbocycles. The molecule has 25 heavy (non-hydrogen) atoms. The third kappa shape index (κ3) is 5.56. The smallest absolute Gasteiger partial charge is 0.230 e. The van der Waals surface area contributed by atoms with E-state index in [0.29, 0.717) is 18.0 Å². The molecule has 0 spiro atoms. The molecule has 0 saturated carbocycles. The number of sulfonamides is 1. The lowest BCUT2D eigenvalue weighted by atomic mass is 10.2. The highest BCUT2D eigenvalue weighted by atomic mass is 32.2. The van der Waals surface area contributed by atoms with E-state index >= 15 is 0 Å². The van der Waals surface area contributed by atoms with Crippen LogP contribution in [0.15, 0.2) is 22.5 Å². The highest BCUT2D eigenvalue weighted by Gasteiger charge is 2.16. The molecule has 1 aliphatic heterocycles. The number of amides is 1. The number of thiazole rings is 1. The minimum Gasteiger partial charge on any atom is -0.376 e. The van der Waals surface area contributed by atoms with E-state index in [1.165, 1.54) is 23.1 Å². The molecular weight excluding hydrogens is 382 g/mol. The molecule has 0 radical (unpaired) electrons. The second-order valence-corrected chi connectivity index (χ2v) is 9.77. The van der Waals surface area contributed by atoms with Crippen molar-refractivity contribution >= 4 is 54.9 Å². The fourth-order valence-electron chi connectivity index (χ4n) is 2.45. The molecule has 2 heterocycles. The predicted octanol–water partition coefficient (Wildman–Crippen LogP) is 2.06. The molecule has 1 unspecified atom stereocenters. The lowest BCUT2D eigenvalue weighted by Gasteiger charge is -2.09. The van der Waals surface area contributed by atoms with Gasteiger partial charge in [-0.15, -0.1) is 11.3 Å². The molecule has 1 atom stereocenters. The Bertz CT molecular complexity index is 860. The van der Waals surface area contributed by atoms with Crippen molar-refractivity contribution in [3.05, 3.63) is 18.2 Å². The number of hydrogen-bond acceptors (Lipinski definition) is 7. The third-order valence-electron chi connectivity index (χ3n) is 3.55. The fourth-order valence-corrected chi connectivity index (χ4v) is 4.95. The van der Waals surface area contributed by atoms with Gasteiger partial charge in [0.2, 0.25) is 15.9 Å². The normalized spacial score (nSPS) is 17.7. The van der Waals surface area contributed by atoms with E-state index in [9.17, 15) is 13.2 Å². The summed E-state index contributed by atoms with van der Waals surface area (Å²) >= 11 is 2.81. The molecule has 10 heteroatoms. The predicted molar refractivity (Wildman–Crippen MR) is 101 cm³/mol. The summed E-state index contributed by atoms with van der Waals surface area (Å²) in [5.74, 6) is 0.250. The highest BCUT2D eigenvalue weighted by molar-refractivity contribution is 8.01. The lowest BCUT2D eigenvalue weighted by molar-refractivity contribution is -0.119. The topological polar surface area (TPSA) is 97.4 Å². The minimum absolute atomic E-state index is 0.0424. The number of benzene rings is 1. The molecule has 136 valence electrons. The van der Waals surface area contributed by atoms with Crippen LogP contribution in [0.1, 0.15) is 12.8 Å². The van der Waals surface area contributed by atoms with Crippen molar-refractivity contribution in [2.24, 2.45) is 0 Å². The van der Waals surface area contributed by atoms with Gasteiger partial charge in [-0.1, -0.05) is 11.8 Å². The molecule has 1 fully saturated rings. The maximum absolute atomic E-state index is 11.9. The first-order valence-electron chi connectivity index (χ1n) is 7.78. The largest absolute Gasteiger partial charge is 0.376 e. The van der Waals surface area contributed by atoms with E-state index in [-0.39, 0.29) is 12.0 Å². The van der Waals surface area contributed by atoms with Gasteiger partial charge in [-0.05, 0) is 31.0 Å². The first kappa shape index (κ1) is 18.4. The van der Waals surface area contributed by atoms with Crippen molar-refractivity contribution in [3.8, 4) is 0 Å². The molecule has 7 nitrogen and oxygen atoms in total. The number of aromatic nitrogens is 1. The van der Waals surface area contributed by atoms with Crippen LogP contribution >= 0.6 is 23.1 Å². The van der Waals surface area contributed by atoms with Crippen LogP contribution in [-0.4, -0.2) is 50.6 Å². The van der Waals surface area contributed by atoms with Crippen LogP contribution in [0.4, 0.5) is 5.69 Å². The monoisotopic (exact) mass is 401 g/mol. The van der Waals surface area contributed by atoms with Crippen LogP contribution in [0.3, 0.4) is 0 Å². The van der Waals surface area contributed by atoms with Gasteiger partial charge in [0.05, 0.1) is 34.0 Å². The van der Waals surface area contributed by atoms with Crippen LogP contribution in [0.25, 0.3) is 10.2 Å². The van der Waals surface area contributed by atoms with E-state index < -0.39 is 10.0 Å². The maximum Gasteiger partial charge on any atom is 0.230 e. The Morgan fingerprint density at radius 3 is 3.04 bits per heavy atom. The Kier molecular flexibility index (Phi) is 5.82. The summed E-state index contributed by atoms with van der Waals surface area (Å²) in [6.45, 7) is 1.33. The van der Waals surface area contributed by atoms with Gasteiger partial charge in [-0.25, -0.2) is 13.4 Å². The zero-order valence-electron chi connectivity index (χ0n) is 13.6. The van der Waals surface area contributed by atoms with Gasteiger partial charge < -0.3 is 10.1 Å². The van der Waals surface area contributed by atoms with Crippen molar-refractivity contribution in [2.75, 3.05) is 29.9 Å².